The summed E-state index contributed by atoms with van der Waals surface area (Å²) in [6, 6.07) is 14.3. The Kier molecular flexibility index (Phi) is 6.83. The van der Waals surface area contributed by atoms with Crippen LogP contribution in [0.25, 0.3) is 0 Å². The van der Waals surface area contributed by atoms with Crippen LogP contribution in [0.4, 0.5) is 5.69 Å². The van der Waals surface area contributed by atoms with Crippen molar-refractivity contribution in [1.29, 1.82) is 0 Å². The van der Waals surface area contributed by atoms with Crippen molar-refractivity contribution in [3.8, 4) is 5.75 Å². The summed E-state index contributed by atoms with van der Waals surface area (Å²) < 4.78 is 5.55. The van der Waals surface area contributed by atoms with E-state index >= 15 is 0 Å². The molecular weight excluding hydrogens is 340 g/mol. The maximum atomic E-state index is 12.1. The third kappa shape index (κ3) is 5.80. The smallest absolute Gasteiger partial charge is 0.254 e. The molecule has 0 bridgehead atoms. The summed E-state index contributed by atoms with van der Waals surface area (Å²) >= 11 is 6.06. The molecule has 0 unspecified atom stereocenters. The maximum Gasteiger partial charge on any atom is 0.254 e. The van der Waals surface area contributed by atoms with Crippen LogP contribution in [-0.4, -0.2) is 37.4 Å². The average Bonchev–Trinajstić information content (AvgIpc) is 2.60. The van der Waals surface area contributed by atoms with E-state index in [9.17, 15) is 9.59 Å². The van der Waals surface area contributed by atoms with Crippen LogP contribution < -0.4 is 10.1 Å². The third-order valence-electron chi connectivity index (χ3n) is 3.45. The molecule has 0 saturated heterocycles. The molecular formula is C19H21ClN2O3. The zero-order valence-corrected chi connectivity index (χ0v) is 15.0. The van der Waals surface area contributed by atoms with Crippen LogP contribution in [0.1, 0.15) is 23.2 Å². The van der Waals surface area contributed by atoms with Crippen LogP contribution in [-0.2, 0) is 4.79 Å². The molecule has 0 spiro atoms. The second kappa shape index (κ2) is 9.08. The Morgan fingerprint density at radius 2 is 1.84 bits per heavy atom. The van der Waals surface area contributed by atoms with Gasteiger partial charge in [0.25, 0.3) is 5.91 Å². The highest BCUT2D eigenvalue weighted by atomic mass is 35.5. The van der Waals surface area contributed by atoms with Crippen LogP contribution in [0, 0.1) is 0 Å². The van der Waals surface area contributed by atoms with E-state index in [0.29, 0.717) is 35.7 Å². The van der Waals surface area contributed by atoms with Gasteiger partial charge in [0.1, 0.15) is 5.75 Å². The molecule has 132 valence electrons. The maximum absolute atomic E-state index is 12.1. The molecule has 6 heteroatoms. The van der Waals surface area contributed by atoms with E-state index in [-0.39, 0.29) is 11.8 Å². The molecule has 1 N–H and O–H groups in total. The molecule has 0 fully saturated rings. The van der Waals surface area contributed by atoms with E-state index in [1.807, 2.05) is 30.3 Å². The normalized spacial score (nSPS) is 10.2. The van der Waals surface area contributed by atoms with Gasteiger partial charge in [0.15, 0.2) is 0 Å². The molecule has 0 aliphatic heterocycles. The topological polar surface area (TPSA) is 58.6 Å². The van der Waals surface area contributed by atoms with E-state index in [4.69, 9.17) is 16.3 Å². The number of anilines is 1. The summed E-state index contributed by atoms with van der Waals surface area (Å²) in [6.07, 6.45) is 0.921. The van der Waals surface area contributed by atoms with Gasteiger partial charge >= 0.3 is 0 Å². The summed E-state index contributed by atoms with van der Waals surface area (Å²) in [6.45, 7) is 0.461. The van der Waals surface area contributed by atoms with Gasteiger partial charge in [-0.15, -0.1) is 0 Å². The van der Waals surface area contributed by atoms with Gasteiger partial charge in [-0.2, -0.15) is 0 Å². The molecule has 25 heavy (non-hydrogen) atoms. The predicted octanol–water partition coefficient (Wildman–Crippen LogP) is 3.84. The Labute approximate surface area is 152 Å². The standard InChI is InChI=1S/C19H21ClN2O3/c1-22(2)19(24)16-13-14(10-11-17(16)20)21-18(23)9-6-12-25-15-7-4-3-5-8-15/h3-5,7-8,10-11,13H,6,9,12H2,1-2H3,(H,21,23). The van der Waals surface area contributed by atoms with Crippen molar-refractivity contribution in [2.24, 2.45) is 0 Å². The molecule has 2 aromatic rings. The first-order valence-electron chi connectivity index (χ1n) is 7.96. The van der Waals surface area contributed by atoms with Crippen molar-refractivity contribution in [2.75, 3.05) is 26.0 Å². The lowest BCUT2D eigenvalue weighted by molar-refractivity contribution is -0.116. The molecule has 0 saturated carbocycles. The summed E-state index contributed by atoms with van der Waals surface area (Å²) in [5.74, 6) is 0.437. The first-order chi connectivity index (χ1) is 12.0. The number of para-hydroxylation sites is 1. The van der Waals surface area contributed by atoms with E-state index < -0.39 is 0 Å². The zero-order valence-electron chi connectivity index (χ0n) is 14.3. The van der Waals surface area contributed by atoms with Gasteiger partial charge in [0, 0.05) is 26.2 Å². The van der Waals surface area contributed by atoms with E-state index in [1.54, 1.807) is 32.3 Å². The Balaban J connectivity index is 1.84. The van der Waals surface area contributed by atoms with E-state index in [2.05, 4.69) is 5.32 Å². The lowest BCUT2D eigenvalue weighted by Crippen LogP contribution is -2.22. The van der Waals surface area contributed by atoms with Crippen molar-refractivity contribution in [2.45, 2.75) is 12.8 Å². The Morgan fingerprint density at radius 1 is 1.12 bits per heavy atom. The minimum absolute atomic E-state index is 0.137. The Hall–Kier alpha value is -2.53. The van der Waals surface area contributed by atoms with Crippen LogP contribution in [0.3, 0.4) is 0 Å². The molecule has 0 radical (unpaired) electrons. The highest BCUT2D eigenvalue weighted by Gasteiger charge is 2.14. The monoisotopic (exact) mass is 360 g/mol. The summed E-state index contributed by atoms with van der Waals surface area (Å²) in [7, 11) is 3.30. The average molecular weight is 361 g/mol. The second-order valence-corrected chi connectivity index (χ2v) is 6.11. The van der Waals surface area contributed by atoms with E-state index in [0.717, 1.165) is 5.75 Å². The molecule has 5 nitrogen and oxygen atoms in total. The van der Waals surface area contributed by atoms with Crippen molar-refractivity contribution in [1.82, 2.24) is 4.90 Å². The minimum atomic E-state index is -0.211. The van der Waals surface area contributed by atoms with Gasteiger partial charge in [-0.05, 0) is 36.8 Å². The third-order valence-corrected chi connectivity index (χ3v) is 3.78. The Bertz CT molecular complexity index is 733. The fourth-order valence-corrected chi connectivity index (χ4v) is 2.37. The van der Waals surface area contributed by atoms with Crippen LogP contribution in [0.15, 0.2) is 48.5 Å². The van der Waals surface area contributed by atoms with Gasteiger partial charge in [0.05, 0.1) is 17.2 Å². The number of nitrogens with one attached hydrogen (secondary N) is 1. The number of carbonyl (C=O) groups excluding carboxylic acids is 2. The number of hydrogen-bond acceptors (Lipinski definition) is 3. The number of hydrogen-bond donors (Lipinski definition) is 1. The first-order valence-corrected chi connectivity index (χ1v) is 8.34. The molecule has 2 aromatic carbocycles. The van der Waals surface area contributed by atoms with Crippen LogP contribution in [0.2, 0.25) is 5.02 Å². The lowest BCUT2D eigenvalue weighted by Gasteiger charge is -2.13. The van der Waals surface area contributed by atoms with Gasteiger partial charge in [-0.1, -0.05) is 29.8 Å². The summed E-state index contributed by atoms with van der Waals surface area (Å²) in [4.78, 5) is 25.5. The van der Waals surface area contributed by atoms with Gasteiger partial charge in [-0.3, -0.25) is 9.59 Å². The highest BCUT2D eigenvalue weighted by molar-refractivity contribution is 6.34. The number of benzene rings is 2. The fourth-order valence-electron chi connectivity index (χ4n) is 2.17. The highest BCUT2D eigenvalue weighted by Crippen LogP contribution is 2.22. The quantitative estimate of drug-likeness (QED) is 0.763. The number of ether oxygens (including phenoxy) is 1. The SMILES string of the molecule is CN(C)C(=O)c1cc(NC(=O)CCCOc2ccccc2)ccc1Cl. The van der Waals surface area contributed by atoms with Crippen molar-refractivity contribution in [3.63, 3.8) is 0 Å². The van der Waals surface area contributed by atoms with Crippen LogP contribution >= 0.6 is 11.6 Å². The molecule has 0 atom stereocenters. The number of amides is 2. The number of carbonyl (C=O) groups is 2. The Morgan fingerprint density at radius 3 is 2.52 bits per heavy atom. The molecule has 0 aliphatic carbocycles. The van der Waals surface area contributed by atoms with Crippen molar-refractivity contribution in [3.05, 3.63) is 59.1 Å². The van der Waals surface area contributed by atoms with Gasteiger partial charge < -0.3 is 15.0 Å². The lowest BCUT2D eigenvalue weighted by atomic mass is 10.1. The number of nitrogens with zero attached hydrogens (tertiary/aromatic N) is 1. The van der Waals surface area contributed by atoms with Crippen molar-refractivity contribution < 1.29 is 14.3 Å². The van der Waals surface area contributed by atoms with Gasteiger partial charge in [0.2, 0.25) is 5.91 Å². The second-order valence-electron chi connectivity index (χ2n) is 5.71. The zero-order chi connectivity index (χ0) is 18.2. The number of rotatable bonds is 7. The molecule has 0 aliphatic rings. The number of halogens is 1. The molecule has 2 rings (SSSR count). The summed E-state index contributed by atoms with van der Waals surface area (Å²) in [5, 5.41) is 3.13. The summed E-state index contributed by atoms with van der Waals surface area (Å²) in [5.41, 5.74) is 0.903. The predicted molar refractivity (Wildman–Crippen MR) is 99.3 cm³/mol. The largest absolute Gasteiger partial charge is 0.494 e. The molecule has 2 amide bonds. The fraction of sp³-hybridized carbons (Fsp3) is 0.263. The van der Waals surface area contributed by atoms with Gasteiger partial charge in [-0.25, -0.2) is 0 Å². The minimum Gasteiger partial charge on any atom is -0.494 e. The molecule has 0 heterocycles. The van der Waals surface area contributed by atoms with Crippen molar-refractivity contribution >= 4 is 29.1 Å². The van der Waals surface area contributed by atoms with E-state index in [1.165, 1.54) is 4.90 Å². The van der Waals surface area contributed by atoms with Crippen LogP contribution in [0.5, 0.6) is 5.75 Å². The first kappa shape index (κ1) is 18.8. The molecule has 0 aromatic heterocycles.